The zero-order valence-corrected chi connectivity index (χ0v) is 17.6. The molecule has 8 nitrogen and oxygen atoms in total. The number of rotatable bonds is 9. The van der Waals surface area contributed by atoms with Gasteiger partial charge >= 0.3 is 18.3 Å². The first-order valence-electron chi connectivity index (χ1n) is 10.2. The van der Waals surface area contributed by atoms with Crippen LogP contribution in [0.5, 0.6) is 11.8 Å². The van der Waals surface area contributed by atoms with Crippen molar-refractivity contribution in [1.29, 1.82) is 0 Å². The van der Waals surface area contributed by atoms with Crippen LogP contribution in [0.1, 0.15) is 24.8 Å². The number of carbonyl (C=O) groups is 1. The van der Waals surface area contributed by atoms with Gasteiger partial charge in [-0.2, -0.15) is 9.97 Å². The second kappa shape index (κ2) is 10.4. The summed E-state index contributed by atoms with van der Waals surface area (Å²) in [5.41, 5.74) is 0.834. The van der Waals surface area contributed by atoms with E-state index in [9.17, 15) is 18.0 Å². The SMILES string of the molecule is COc1nc(NCCc2ccc(OC(F)(F)F)cc2)cc(N2CCCC(CC(=O)O)C2)n1. The van der Waals surface area contributed by atoms with Crippen molar-refractivity contribution in [3.05, 3.63) is 35.9 Å². The number of alkyl halides is 3. The quantitative estimate of drug-likeness (QED) is 0.592. The monoisotopic (exact) mass is 454 g/mol. The van der Waals surface area contributed by atoms with Crippen molar-refractivity contribution in [3.8, 4) is 11.8 Å². The van der Waals surface area contributed by atoms with Crippen LogP contribution in [0.25, 0.3) is 0 Å². The van der Waals surface area contributed by atoms with Crippen LogP contribution in [0.4, 0.5) is 24.8 Å². The molecule has 1 unspecified atom stereocenters. The molecule has 1 aromatic heterocycles. The molecule has 2 heterocycles. The van der Waals surface area contributed by atoms with Crippen LogP contribution in [0.2, 0.25) is 0 Å². The first-order valence-corrected chi connectivity index (χ1v) is 10.2. The normalized spacial score (nSPS) is 16.5. The predicted molar refractivity (Wildman–Crippen MR) is 111 cm³/mol. The highest BCUT2D eigenvalue weighted by Crippen LogP contribution is 2.27. The number of hydrogen-bond donors (Lipinski definition) is 2. The van der Waals surface area contributed by atoms with Crippen LogP contribution >= 0.6 is 0 Å². The maximum atomic E-state index is 12.3. The van der Waals surface area contributed by atoms with E-state index in [1.807, 2.05) is 4.90 Å². The molecule has 0 bridgehead atoms. The number of anilines is 2. The number of carboxylic acids is 1. The fraction of sp³-hybridized carbons (Fsp3) is 0.476. The Balaban J connectivity index is 1.60. The minimum atomic E-state index is -4.71. The topological polar surface area (TPSA) is 96.8 Å². The fourth-order valence-electron chi connectivity index (χ4n) is 3.64. The number of methoxy groups -OCH3 is 1. The Labute approximate surface area is 183 Å². The van der Waals surface area contributed by atoms with Crippen molar-refractivity contribution >= 4 is 17.6 Å². The molecule has 174 valence electrons. The van der Waals surface area contributed by atoms with Gasteiger partial charge in [0.25, 0.3) is 0 Å². The highest BCUT2D eigenvalue weighted by molar-refractivity contribution is 5.67. The molecule has 32 heavy (non-hydrogen) atoms. The van der Waals surface area contributed by atoms with Gasteiger partial charge in [-0.15, -0.1) is 13.2 Å². The molecule has 3 rings (SSSR count). The summed E-state index contributed by atoms with van der Waals surface area (Å²) in [4.78, 5) is 21.8. The van der Waals surface area contributed by atoms with Crippen LogP contribution in [0.15, 0.2) is 30.3 Å². The molecule has 2 aromatic rings. The molecule has 1 saturated heterocycles. The van der Waals surface area contributed by atoms with Gasteiger partial charge in [-0.3, -0.25) is 4.79 Å². The largest absolute Gasteiger partial charge is 0.573 e. The van der Waals surface area contributed by atoms with Gasteiger partial charge in [-0.1, -0.05) is 12.1 Å². The van der Waals surface area contributed by atoms with Crippen LogP contribution in [0, 0.1) is 5.92 Å². The summed E-state index contributed by atoms with van der Waals surface area (Å²) in [6.45, 7) is 1.85. The Bertz CT molecular complexity index is 909. The predicted octanol–water partition coefficient (Wildman–Crippen LogP) is 3.73. The summed E-state index contributed by atoms with van der Waals surface area (Å²) in [6, 6.07) is 7.68. The number of nitrogens with one attached hydrogen (secondary N) is 1. The van der Waals surface area contributed by atoms with Crippen LogP contribution in [-0.2, 0) is 11.2 Å². The van der Waals surface area contributed by atoms with Gasteiger partial charge in [0.1, 0.15) is 17.4 Å². The number of hydrogen-bond acceptors (Lipinski definition) is 7. The van der Waals surface area contributed by atoms with Crippen molar-refractivity contribution in [2.75, 3.05) is 37.0 Å². The Morgan fingerprint density at radius 2 is 2.03 bits per heavy atom. The fourth-order valence-corrected chi connectivity index (χ4v) is 3.64. The smallest absolute Gasteiger partial charge is 0.481 e. The Kier molecular flexibility index (Phi) is 7.60. The lowest BCUT2D eigenvalue weighted by atomic mass is 9.95. The van der Waals surface area contributed by atoms with Gasteiger partial charge in [-0.25, -0.2) is 0 Å². The molecule has 2 N–H and O–H groups in total. The first-order chi connectivity index (χ1) is 15.2. The molecule has 1 fully saturated rings. The number of benzene rings is 1. The molecule has 0 saturated carbocycles. The molecule has 0 radical (unpaired) electrons. The minimum absolute atomic E-state index is 0.0583. The molecule has 1 aliphatic heterocycles. The van der Waals surface area contributed by atoms with E-state index in [4.69, 9.17) is 9.84 Å². The summed E-state index contributed by atoms with van der Waals surface area (Å²) < 4.78 is 45.8. The minimum Gasteiger partial charge on any atom is -0.481 e. The zero-order valence-electron chi connectivity index (χ0n) is 17.6. The maximum Gasteiger partial charge on any atom is 0.573 e. The van der Waals surface area contributed by atoms with E-state index in [0.29, 0.717) is 31.1 Å². The summed E-state index contributed by atoms with van der Waals surface area (Å²) in [6.07, 6.45) is -2.30. The second-order valence-corrected chi connectivity index (χ2v) is 7.52. The molecule has 1 atom stereocenters. The molecular weight excluding hydrogens is 429 g/mol. The van der Waals surface area contributed by atoms with Crippen molar-refractivity contribution < 1.29 is 32.5 Å². The maximum absolute atomic E-state index is 12.3. The van der Waals surface area contributed by atoms with Gasteiger partial charge in [-0.05, 0) is 42.9 Å². The standard InChI is InChI=1S/C21H25F3N4O4/c1-31-20-26-17(12-18(27-20)28-10-2-3-15(13-28)11-19(29)30)25-9-8-14-4-6-16(7-5-14)32-21(22,23)24/h4-7,12,15H,2-3,8-11,13H2,1H3,(H,29,30)(H,25,26,27). The lowest BCUT2D eigenvalue weighted by Gasteiger charge is -2.33. The highest BCUT2D eigenvalue weighted by Gasteiger charge is 2.31. The van der Waals surface area contributed by atoms with Crippen molar-refractivity contribution in [2.45, 2.75) is 32.0 Å². The van der Waals surface area contributed by atoms with E-state index in [1.165, 1.54) is 19.2 Å². The molecular formula is C21H25F3N4O4. The van der Waals surface area contributed by atoms with Crippen molar-refractivity contribution in [2.24, 2.45) is 5.92 Å². The average Bonchev–Trinajstić information content (AvgIpc) is 2.73. The Hall–Kier alpha value is -3.24. The number of halogens is 3. The molecule has 0 spiro atoms. The summed E-state index contributed by atoms with van der Waals surface area (Å²) >= 11 is 0. The van der Waals surface area contributed by atoms with Gasteiger partial charge in [0, 0.05) is 32.1 Å². The third-order valence-electron chi connectivity index (χ3n) is 5.06. The van der Waals surface area contributed by atoms with Gasteiger partial charge in [0.05, 0.1) is 7.11 Å². The molecule has 11 heteroatoms. The number of nitrogens with zero attached hydrogens (tertiary/aromatic N) is 3. The zero-order chi connectivity index (χ0) is 23.1. The number of aromatic nitrogens is 2. The average molecular weight is 454 g/mol. The lowest BCUT2D eigenvalue weighted by molar-refractivity contribution is -0.274. The summed E-state index contributed by atoms with van der Waals surface area (Å²) in [5.74, 6) is 0.190. The Morgan fingerprint density at radius 1 is 1.28 bits per heavy atom. The van der Waals surface area contributed by atoms with Crippen LogP contribution < -0.4 is 19.7 Å². The van der Waals surface area contributed by atoms with Gasteiger partial charge in [0.2, 0.25) is 0 Å². The molecule has 1 aliphatic rings. The lowest BCUT2D eigenvalue weighted by Crippen LogP contribution is -2.37. The second-order valence-electron chi connectivity index (χ2n) is 7.52. The van der Waals surface area contributed by atoms with Gasteiger partial charge < -0.3 is 24.8 Å². The number of piperidine rings is 1. The van der Waals surface area contributed by atoms with E-state index in [-0.39, 0.29) is 24.1 Å². The molecule has 0 aliphatic carbocycles. The van der Waals surface area contributed by atoms with E-state index < -0.39 is 12.3 Å². The number of aliphatic carboxylic acids is 1. The van der Waals surface area contributed by atoms with Crippen molar-refractivity contribution in [1.82, 2.24) is 9.97 Å². The summed E-state index contributed by atoms with van der Waals surface area (Å²) in [7, 11) is 1.47. The van der Waals surface area contributed by atoms with Gasteiger partial charge in [0.15, 0.2) is 0 Å². The number of carboxylic acid groups (broad SMARTS) is 1. The van der Waals surface area contributed by atoms with E-state index in [1.54, 1.807) is 18.2 Å². The molecule has 1 aromatic carbocycles. The van der Waals surface area contributed by atoms with Crippen LogP contribution in [0.3, 0.4) is 0 Å². The van der Waals surface area contributed by atoms with E-state index >= 15 is 0 Å². The summed E-state index contributed by atoms with van der Waals surface area (Å²) in [5, 5.41) is 12.3. The number of ether oxygens (including phenoxy) is 2. The van der Waals surface area contributed by atoms with E-state index in [0.717, 1.165) is 24.9 Å². The van der Waals surface area contributed by atoms with Crippen molar-refractivity contribution in [3.63, 3.8) is 0 Å². The molecule has 0 amide bonds. The Morgan fingerprint density at radius 3 is 2.69 bits per heavy atom. The van der Waals surface area contributed by atoms with Crippen LogP contribution in [-0.4, -0.2) is 54.2 Å². The first kappa shape index (κ1) is 23.4. The third-order valence-corrected chi connectivity index (χ3v) is 5.06. The van der Waals surface area contributed by atoms with E-state index in [2.05, 4.69) is 20.0 Å². The third kappa shape index (κ3) is 7.17. The highest BCUT2D eigenvalue weighted by atomic mass is 19.4.